The summed E-state index contributed by atoms with van der Waals surface area (Å²) >= 11 is 1.74. The molecule has 0 spiro atoms. The first-order chi connectivity index (χ1) is 11.1. The molecule has 5 nitrogen and oxygen atoms in total. The molecule has 1 fully saturated rings. The molecule has 0 radical (unpaired) electrons. The molecule has 23 heavy (non-hydrogen) atoms. The number of morpholine rings is 1. The van der Waals surface area contributed by atoms with Gasteiger partial charge in [0.15, 0.2) is 6.10 Å². The van der Waals surface area contributed by atoms with Gasteiger partial charge in [-0.3, -0.25) is 4.90 Å². The van der Waals surface area contributed by atoms with Crippen molar-refractivity contribution in [2.75, 3.05) is 20.2 Å². The lowest BCUT2D eigenvalue weighted by atomic mass is 10.1. The zero-order valence-electron chi connectivity index (χ0n) is 13.7. The lowest BCUT2D eigenvalue weighted by molar-refractivity contribution is -0.167. The van der Waals surface area contributed by atoms with Crippen LogP contribution in [-0.4, -0.2) is 54.3 Å². The average molecular weight is 334 g/mol. The number of aromatic nitrogens is 1. The van der Waals surface area contributed by atoms with Gasteiger partial charge in [0.25, 0.3) is 0 Å². The zero-order chi connectivity index (χ0) is 16.4. The van der Waals surface area contributed by atoms with Crippen LogP contribution in [0.25, 0.3) is 10.2 Å². The van der Waals surface area contributed by atoms with Gasteiger partial charge in [-0.05, 0) is 26.0 Å². The minimum absolute atomic E-state index is 0.0191. The van der Waals surface area contributed by atoms with Crippen LogP contribution in [0.5, 0.6) is 0 Å². The van der Waals surface area contributed by atoms with E-state index in [0.717, 1.165) is 23.5 Å². The highest BCUT2D eigenvalue weighted by atomic mass is 32.1. The number of hydrogen-bond acceptors (Lipinski definition) is 6. The summed E-state index contributed by atoms with van der Waals surface area (Å²) in [5.74, 6) is -0.297. The van der Waals surface area contributed by atoms with E-state index in [4.69, 9.17) is 14.5 Å². The average Bonchev–Trinajstić information content (AvgIpc) is 2.95. The van der Waals surface area contributed by atoms with Crippen molar-refractivity contribution in [1.29, 1.82) is 0 Å². The van der Waals surface area contributed by atoms with E-state index in [1.165, 1.54) is 11.8 Å². The fourth-order valence-electron chi connectivity index (χ4n) is 2.99. The predicted molar refractivity (Wildman–Crippen MR) is 90.7 cm³/mol. The third-order valence-electron chi connectivity index (χ3n) is 4.18. The molecule has 3 atom stereocenters. The van der Waals surface area contributed by atoms with Crippen molar-refractivity contribution in [3.8, 4) is 0 Å². The molecule has 1 aromatic heterocycles. The van der Waals surface area contributed by atoms with Gasteiger partial charge in [-0.1, -0.05) is 12.1 Å². The van der Waals surface area contributed by atoms with Gasteiger partial charge in [0.1, 0.15) is 0 Å². The summed E-state index contributed by atoms with van der Waals surface area (Å²) in [6.07, 6.45) is 0.396. The van der Waals surface area contributed by atoms with Gasteiger partial charge < -0.3 is 9.47 Å². The van der Waals surface area contributed by atoms with Crippen molar-refractivity contribution < 1.29 is 14.3 Å². The Kier molecular flexibility index (Phi) is 4.94. The first-order valence-electron chi connectivity index (χ1n) is 7.88. The molecule has 6 heteroatoms. The van der Waals surface area contributed by atoms with Crippen molar-refractivity contribution in [1.82, 2.24) is 9.88 Å². The van der Waals surface area contributed by atoms with Crippen LogP contribution < -0.4 is 0 Å². The quantitative estimate of drug-likeness (QED) is 0.804. The minimum Gasteiger partial charge on any atom is -0.467 e. The molecule has 0 aliphatic carbocycles. The molecule has 0 bridgehead atoms. The second-order valence-corrected chi connectivity index (χ2v) is 7.16. The van der Waals surface area contributed by atoms with E-state index in [9.17, 15) is 4.79 Å². The van der Waals surface area contributed by atoms with Crippen LogP contribution in [-0.2, 0) is 20.7 Å². The highest BCUT2D eigenvalue weighted by Crippen LogP contribution is 2.24. The molecule has 124 valence electrons. The Balaban J connectivity index is 1.69. The number of ether oxygens (including phenoxy) is 2. The maximum Gasteiger partial charge on any atom is 0.336 e. The van der Waals surface area contributed by atoms with Gasteiger partial charge in [0, 0.05) is 25.6 Å². The van der Waals surface area contributed by atoms with Crippen molar-refractivity contribution in [2.24, 2.45) is 0 Å². The molecule has 1 aliphatic heterocycles. The van der Waals surface area contributed by atoms with Gasteiger partial charge in [0.2, 0.25) is 0 Å². The number of carbonyl (C=O) groups excluding carboxylic acids is 1. The van der Waals surface area contributed by atoms with Crippen LogP contribution in [0.1, 0.15) is 18.9 Å². The summed E-state index contributed by atoms with van der Waals surface area (Å²) < 4.78 is 11.7. The number of rotatable bonds is 4. The van der Waals surface area contributed by atoms with E-state index in [1.807, 2.05) is 25.1 Å². The lowest BCUT2D eigenvalue weighted by Crippen LogP contribution is -2.53. The lowest BCUT2D eigenvalue weighted by Gasteiger charge is -2.38. The molecule has 0 unspecified atom stereocenters. The molecule has 1 aromatic carbocycles. The van der Waals surface area contributed by atoms with E-state index in [0.29, 0.717) is 12.6 Å². The second kappa shape index (κ2) is 6.95. The number of benzene rings is 1. The number of fused-ring (bicyclic) bond motifs is 1. The zero-order valence-corrected chi connectivity index (χ0v) is 14.5. The van der Waals surface area contributed by atoms with E-state index in [-0.39, 0.29) is 12.1 Å². The SMILES string of the molecule is COC(=O)[C@@H]1CN([C@@H](C)Cc2nc3ccccc3s2)C[C@@H](C)O1. The van der Waals surface area contributed by atoms with Crippen LogP contribution >= 0.6 is 11.3 Å². The maximum absolute atomic E-state index is 11.8. The van der Waals surface area contributed by atoms with E-state index in [2.05, 4.69) is 17.9 Å². The fourth-order valence-corrected chi connectivity index (χ4v) is 4.08. The molecule has 3 rings (SSSR count). The Morgan fingerprint density at radius 3 is 3.00 bits per heavy atom. The molecular weight excluding hydrogens is 312 g/mol. The topological polar surface area (TPSA) is 51.7 Å². The summed E-state index contributed by atoms with van der Waals surface area (Å²) in [5.41, 5.74) is 1.06. The first-order valence-corrected chi connectivity index (χ1v) is 8.70. The standard InChI is InChI=1S/C17H22N2O3S/c1-11(8-16-18-13-6-4-5-7-15(13)23-16)19-9-12(2)22-14(10-19)17(20)21-3/h4-7,11-12,14H,8-10H2,1-3H3/t11-,12+,14-/m0/s1. The molecule has 2 heterocycles. The number of methoxy groups -OCH3 is 1. The van der Waals surface area contributed by atoms with Gasteiger partial charge >= 0.3 is 5.97 Å². The number of nitrogens with zero attached hydrogens (tertiary/aromatic N) is 2. The normalized spacial score (nSPS) is 23.8. The van der Waals surface area contributed by atoms with E-state index >= 15 is 0 Å². The smallest absolute Gasteiger partial charge is 0.336 e. The van der Waals surface area contributed by atoms with Crippen LogP contribution in [0.4, 0.5) is 0 Å². The number of thiazole rings is 1. The molecule has 1 saturated heterocycles. The molecule has 1 aliphatic rings. The van der Waals surface area contributed by atoms with E-state index in [1.54, 1.807) is 11.3 Å². The van der Waals surface area contributed by atoms with Crippen molar-refractivity contribution in [3.63, 3.8) is 0 Å². The van der Waals surface area contributed by atoms with Gasteiger partial charge in [-0.2, -0.15) is 0 Å². The highest BCUT2D eigenvalue weighted by Gasteiger charge is 2.33. The largest absolute Gasteiger partial charge is 0.467 e. The van der Waals surface area contributed by atoms with Crippen LogP contribution in [0, 0.1) is 0 Å². The number of esters is 1. The molecule has 0 amide bonds. The number of para-hydroxylation sites is 1. The van der Waals surface area contributed by atoms with E-state index < -0.39 is 6.10 Å². The number of hydrogen-bond donors (Lipinski definition) is 0. The summed E-state index contributed by atoms with van der Waals surface area (Å²) in [6, 6.07) is 8.50. The van der Waals surface area contributed by atoms with Crippen LogP contribution in [0.3, 0.4) is 0 Å². The Morgan fingerprint density at radius 2 is 2.26 bits per heavy atom. The molecule has 0 N–H and O–H groups in total. The minimum atomic E-state index is -0.499. The fraction of sp³-hybridized carbons (Fsp3) is 0.529. The Bertz CT molecular complexity index is 654. The van der Waals surface area contributed by atoms with Crippen molar-refractivity contribution >= 4 is 27.5 Å². The third kappa shape index (κ3) is 3.71. The van der Waals surface area contributed by atoms with Gasteiger partial charge in [-0.15, -0.1) is 11.3 Å². The second-order valence-electron chi connectivity index (χ2n) is 6.04. The first kappa shape index (κ1) is 16.4. The number of carbonyl (C=O) groups is 1. The maximum atomic E-state index is 11.8. The van der Waals surface area contributed by atoms with Crippen molar-refractivity contribution in [3.05, 3.63) is 29.3 Å². The Morgan fingerprint density at radius 1 is 1.48 bits per heavy atom. The summed E-state index contributed by atoms with van der Waals surface area (Å²) in [6.45, 7) is 5.56. The highest BCUT2D eigenvalue weighted by molar-refractivity contribution is 7.18. The Hall–Kier alpha value is -1.50. The summed E-state index contributed by atoms with van der Waals surface area (Å²) in [5, 5.41) is 1.13. The van der Waals surface area contributed by atoms with Gasteiger partial charge in [0.05, 0.1) is 28.4 Å². The molecule has 0 saturated carbocycles. The molecule has 2 aromatic rings. The molecular formula is C17H22N2O3S. The van der Waals surface area contributed by atoms with Crippen molar-refractivity contribution in [2.45, 2.75) is 38.5 Å². The van der Waals surface area contributed by atoms with Crippen LogP contribution in [0.2, 0.25) is 0 Å². The Labute approximate surface area is 140 Å². The third-order valence-corrected chi connectivity index (χ3v) is 5.24. The van der Waals surface area contributed by atoms with Crippen LogP contribution in [0.15, 0.2) is 24.3 Å². The summed E-state index contributed by atoms with van der Waals surface area (Å²) in [4.78, 5) is 18.8. The predicted octanol–water partition coefficient (Wildman–Crippen LogP) is 2.49. The summed E-state index contributed by atoms with van der Waals surface area (Å²) in [7, 11) is 1.40. The monoisotopic (exact) mass is 334 g/mol. The van der Waals surface area contributed by atoms with Gasteiger partial charge in [-0.25, -0.2) is 9.78 Å².